The lowest BCUT2D eigenvalue weighted by Crippen LogP contribution is -2.25. The molecule has 2 aromatic rings. The number of fused-ring (bicyclic) bond motifs is 1. The molecule has 0 heterocycles. The van der Waals surface area contributed by atoms with Crippen molar-refractivity contribution >= 4 is 16.7 Å². The zero-order chi connectivity index (χ0) is 15.9. The summed E-state index contributed by atoms with van der Waals surface area (Å²) >= 11 is 0. The molecule has 0 saturated heterocycles. The van der Waals surface area contributed by atoms with Gasteiger partial charge in [0, 0.05) is 14.2 Å². The van der Waals surface area contributed by atoms with E-state index in [0.717, 1.165) is 10.8 Å². The van der Waals surface area contributed by atoms with Crippen LogP contribution in [0.15, 0.2) is 36.4 Å². The van der Waals surface area contributed by atoms with Crippen LogP contribution in [-0.2, 0) is 14.2 Å². The van der Waals surface area contributed by atoms with Crippen LogP contribution >= 0.6 is 0 Å². The van der Waals surface area contributed by atoms with Crippen molar-refractivity contribution in [2.75, 3.05) is 34.5 Å². The Morgan fingerprint density at radius 1 is 1.00 bits per heavy atom. The minimum Gasteiger partial charge on any atom is -0.491 e. The predicted octanol–water partition coefficient (Wildman–Crippen LogP) is 2.67. The Bertz CT molecular complexity index is 638. The third kappa shape index (κ3) is 3.96. The van der Waals surface area contributed by atoms with E-state index in [1.807, 2.05) is 24.3 Å². The van der Waals surface area contributed by atoms with E-state index in [1.165, 1.54) is 7.11 Å². The van der Waals surface area contributed by atoms with E-state index in [4.69, 9.17) is 18.9 Å². The molecule has 2 aromatic carbocycles. The summed E-state index contributed by atoms with van der Waals surface area (Å²) in [6, 6.07) is 11.1. The van der Waals surface area contributed by atoms with E-state index >= 15 is 0 Å². The summed E-state index contributed by atoms with van der Waals surface area (Å²) in [4.78, 5) is 11.6. The van der Waals surface area contributed by atoms with Crippen LogP contribution in [0.3, 0.4) is 0 Å². The number of methoxy groups -OCH3 is 3. The minimum atomic E-state index is -0.354. The fourth-order valence-corrected chi connectivity index (χ4v) is 2.12. The summed E-state index contributed by atoms with van der Waals surface area (Å²) in [6.07, 6.45) is -0.123. The van der Waals surface area contributed by atoms with Crippen LogP contribution in [0.4, 0.5) is 0 Å². The van der Waals surface area contributed by atoms with Crippen LogP contribution in [0.25, 0.3) is 10.8 Å². The Hall–Kier alpha value is -2.11. The lowest BCUT2D eigenvalue weighted by Gasteiger charge is -2.15. The van der Waals surface area contributed by atoms with Crippen LogP contribution < -0.4 is 4.74 Å². The van der Waals surface area contributed by atoms with Gasteiger partial charge in [-0.2, -0.15) is 0 Å². The molecule has 0 saturated carbocycles. The van der Waals surface area contributed by atoms with Gasteiger partial charge in [0.05, 0.1) is 19.3 Å². The molecule has 118 valence electrons. The highest BCUT2D eigenvalue weighted by molar-refractivity contribution is 5.95. The van der Waals surface area contributed by atoms with Crippen LogP contribution in [0.2, 0.25) is 0 Å². The molecular weight excluding hydrogens is 284 g/mol. The highest BCUT2D eigenvalue weighted by Gasteiger charge is 2.09. The molecular formula is C17H20O5. The zero-order valence-electron chi connectivity index (χ0n) is 13.0. The van der Waals surface area contributed by atoms with Crippen molar-refractivity contribution in [2.45, 2.75) is 6.10 Å². The molecule has 5 nitrogen and oxygen atoms in total. The Balaban J connectivity index is 2.16. The number of rotatable bonds is 7. The molecule has 1 atom stereocenters. The maximum Gasteiger partial charge on any atom is 0.337 e. The molecule has 0 radical (unpaired) electrons. The van der Waals surface area contributed by atoms with Gasteiger partial charge in [-0.15, -0.1) is 0 Å². The normalized spacial score (nSPS) is 12.1. The van der Waals surface area contributed by atoms with Crippen LogP contribution in [-0.4, -0.2) is 46.6 Å². The maximum absolute atomic E-state index is 11.6. The molecule has 0 aromatic heterocycles. The third-order valence-corrected chi connectivity index (χ3v) is 3.35. The van der Waals surface area contributed by atoms with Gasteiger partial charge in [0.2, 0.25) is 0 Å². The fourth-order valence-electron chi connectivity index (χ4n) is 2.12. The predicted molar refractivity (Wildman–Crippen MR) is 83.5 cm³/mol. The molecule has 1 unspecified atom stereocenters. The molecule has 0 aliphatic rings. The second-order valence-electron chi connectivity index (χ2n) is 4.84. The van der Waals surface area contributed by atoms with Gasteiger partial charge >= 0.3 is 5.97 Å². The smallest absolute Gasteiger partial charge is 0.337 e. The average Bonchev–Trinajstić information content (AvgIpc) is 2.57. The monoisotopic (exact) mass is 304 g/mol. The van der Waals surface area contributed by atoms with E-state index in [0.29, 0.717) is 24.5 Å². The van der Waals surface area contributed by atoms with Gasteiger partial charge in [-0.05, 0) is 35.0 Å². The van der Waals surface area contributed by atoms with Gasteiger partial charge in [0.1, 0.15) is 18.5 Å². The summed E-state index contributed by atoms with van der Waals surface area (Å²) in [7, 11) is 4.61. The number of benzene rings is 2. The first-order valence-corrected chi connectivity index (χ1v) is 6.94. The Morgan fingerprint density at radius 3 is 2.45 bits per heavy atom. The van der Waals surface area contributed by atoms with E-state index in [9.17, 15) is 4.79 Å². The van der Waals surface area contributed by atoms with Crippen LogP contribution in [0, 0.1) is 0 Å². The van der Waals surface area contributed by atoms with E-state index < -0.39 is 0 Å². The van der Waals surface area contributed by atoms with Crippen molar-refractivity contribution in [1.29, 1.82) is 0 Å². The van der Waals surface area contributed by atoms with Crippen molar-refractivity contribution < 1.29 is 23.7 Å². The Kier molecular flexibility index (Phi) is 5.75. The number of hydrogen-bond donors (Lipinski definition) is 0. The molecule has 0 aliphatic heterocycles. The van der Waals surface area contributed by atoms with Gasteiger partial charge in [-0.1, -0.05) is 12.1 Å². The maximum atomic E-state index is 11.6. The van der Waals surface area contributed by atoms with Crippen molar-refractivity contribution in [3.05, 3.63) is 42.0 Å². The first kappa shape index (κ1) is 16.3. The lowest BCUT2D eigenvalue weighted by atomic mass is 10.1. The third-order valence-electron chi connectivity index (χ3n) is 3.35. The molecule has 0 aliphatic carbocycles. The molecule has 0 N–H and O–H groups in total. The second-order valence-corrected chi connectivity index (χ2v) is 4.84. The van der Waals surface area contributed by atoms with E-state index in [1.54, 1.807) is 26.4 Å². The number of carbonyl (C=O) groups is 1. The van der Waals surface area contributed by atoms with Gasteiger partial charge in [-0.25, -0.2) is 4.79 Å². The van der Waals surface area contributed by atoms with Gasteiger partial charge < -0.3 is 18.9 Å². The fraction of sp³-hybridized carbons (Fsp3) is 0.353. The molecule has 0 fully saturated rings. The van der Waals surface area contributed by atoms with Crippen molar-refractivity contribution in [3.8, 4) is 5.75 Å². The standard InChI is InChI=1S/C17H20O5/c1-19-10-16(20-2)11-22-15-7-6-12-4-5-13(17(18)21-3)8-14(12)9-15/h4-9,16H,10-11H2,1-3H3. The molecule has 0 bridgehead atoms. The largest absolute Gasteiger partial charge is 0.491 e. The molecule has 2 rings (SSSR count). The summed E-state index contributed by atoms with van der Waals surface area (Å²) in [5, 5.41) is 1.95. The Labute approximate surface area is 129 Å². The highest BCUT2D eigenvalue weighted by atomic mass is 16.5. The van der Waals surface area contributed by atoms with Crippen molar-refractivity contribution in [3.63, 3.8) is 0 Å². The summed E-state index contributed by atoms with van der Waals surface area (Å²) < 4.78 is 20.8. The first-order chi connectivity index (χ1) is 10.7. The quantitative estimate of drug-likeness (QED) is 0.736. The summed E-state index contributed by atoms with van der Waals surface area (Å²) in [5.74, 6) is 0.362. The topological polar surface area (TPSA) is 54.0 Å². The number of carbonyl (C=O) groups excluding carboxylic acids is 1. The van der Waals surface area contributed by atoms with Crippen LogP contribution in [0.5, 0.6) is 5.75 Å². The summed E-state index contributed by atoms with van der Waals surface area (Å²) in [5.41, 5.74) is 0.515. The average molecular weight is 304 g/mol. The van der Waals surface area contributed by atoms with E-state index in [-0.39, 0.29) is 12.1 Å². The molecule has 0 amide bonds. The first-order valence-electron chi connectivity index (χ1n) is 6.94. The molecule has 0 spiro atoms. The van der Waals surface area contributed by atoms with Crippen molar-refractivity contribution in [1.82, 2.24) is 0 Å². The van der Waals surface area contributed by atoms with Gasteiger partial charge in [0.25, 0.3) is 0 Å². The minimum absolute atomic E-state index is 0.123. The SMILES string of the molecule is COCC(COc1ccc2ccc(C(=O)OC)cc2c1)OC. The van der Waals surface area contributed by atoms with Gasteiger partial charge in [-0.3, -0.25) is 0 Å². The summed E-state index contributed by atoms with van der Waals surface area (Å²) in [6.45, 7) is 0.864. The highest BCUT2D eigenvalue weighted by Crippen LogP contribution is 2.22. The number of esters is 1. The number of hydrogen-bond acceptors (Lipinski definition) is 5. The Morgan fingerprint density at radius 2 is 1.77 bits per heavy atom. The van der Waals surface area contributed by atoms with E-state index in [2.05, 4.69) is 0 Å². The lowest BCUT2D eigenvalue weighted by molar-refractivity contribution is 0.000904. The van der Waals surface area contributed by atoms with Crippen molar-refractivity contribution in [2.24, 2.45) is 0 Å². The zero-order valence-corrected chi connectivity index (χ0v) is 13.0. The number of ether oxygens (including phenoxy) is 4. The molecule has 5 heteroatoms. The van der Waals surface area contributed by atoms with Crippen LogP contribution in [0.1, 0.15) is 10.4 Å². The second kappa shape index (κ2) is 7.77. The molecule has 22 heavy (non-hydrogen) atoms. The van der Waals surface area contributed by atoms with Gasteiger partial charge in [0.15, 0.2) is 0 Å².